The predicted molar refractivity (Wildman–Crippen MR) is 90.2 cm³/mol. The molecule has 1 aliphatic carbocycles. The van der Waals surface area contributed by atoms with Crippen molar-refractivity contribution in [1.29, 1.82) is 0 Å². The highest BCUT2D eigenvalue weighted by Gasteiger charge is 2.38. The molecule has 1 saturated carbocycles. The number of Topliss-reactive ketones (excluding diaryl/α,β-unsaturated/α-hetero) is 1. The molecule has 2 rings (SSSR count). The molecule has 0 aromatic heterocycles. The van der Waals surface area contributed by atoms with E-state index in [0.717, 1.165) is 11.8 Å². The van der Waals surface area contributed by atoms with E-state index in [1.54, 1.807) is 4.90 Å². The van der Waals surface area contributed by atoms with Crippen LogP contribution < -0.4 is 0 Å². The van der Waals surface area contributed by atoms with Crippen LogP contribution in [0.2, 0.25) is 0 Å². The molecule has 23 heavy (non-hydrogen) atoms. The molecule has 1 heterocycles. The van der Waals surface area contributed by atoms with Gasteiger partial charge in [0.2, 0.25) is 0 Å². The molecule has 2 unspecified atom stereocenters. The summed E-state index contributed by atoms with van der Waals surface area (Å²) in [5.41, 5.74) is 0.994. The fourth-order valence-electron chi connectivity index (χ4n) is 2.93. The Morgan fingerprint density at radius 1 is 1.39 bits per heavy atom. The molecule has 0 spiro atoms. The zero-order valence-corrected chi connectivity index (χ0v) is 15.0. The Hall–Kier alpha value is -1.78. The van der Waals surface area contributed by atoms with Gasteiger partial charge in [0.15, 0.2) is 5.78 Å². The zero-order valence-electron chi connectivity index (χ0n) is 15.0. The minimum Gasteiger partial charge on any atom is -0.515 e. The van der Waals surface area contributed by atoms with Gasteiger partial charge in [-0.15, -0.1) is 0 Å². The lowest BCUT2D eigenvalue weighted by Gasteiger charge is -2.38. The molecule has 130 valence electrons. The lowest BCUT2D eigenvalue weighted by Crippen LogP contribution is -2.45. The fraction of sp³-hybridized carbons (Fsp3) is 0.667. The van der Waals surface area contributed by atoms with E-state index in [0.29, 0.717) is 25.1 Å². The largest absolute Gasteiger partial charge is 0.515 e. The molecule has 2 aliphatic rings. The van der Waals surface area contributed by atoms with Gasteiger partial charge in [0.25, 0.3) is 0 Å². The van der Waals surface area contributed by atoms with Crippen LogP contribution in [0.5, 0.6) is 0 Å². The summed E-state index contributed by atoms with van der Waals surface area (Å²) in [7, 11) is 0. The smallest absolute Gasteiger partial charge is 0.410 e. The number of aliphatic hydroxyl groups excluding tert-OH is 1. The Morgan fingerprint density at radius 2 is 2.00 bits per heavy atom. The molecule has 0 aromatic carbocycles. The maximum atomic E-state index is 12.1. The van der Waals surface area contributed by atoms with Crippen LogP contribution in [0.3, 0.4) is 0 Å². The van der Waals surface area contributed by atoms with Crippen molar-refractivity contribution in [3.05, 3.63) is 23.5 Å². The number of nitrogens with zero attached hydrogens (tertiary/aromatic N) is 1. The third kappa shape index (κ3) is 4.60. The van der Waals surface area contributed by atoms with Crippen molar-refractivity contribution in [2.24, 2.45) is 11.8 Å². The molecular formula is C18H29NO4. The van der Waals surface area contributed by atoms with E-state index in [-0.39, 0.29) is 23.7 Å². The van der Waals surface area contributed by atoms with E-state index in [1.165, 1.54) is 0 Å². The number of rotatable bonds is 0. The first-order chi connectivity index (χ1) is 10.7. The van der Waals surface area contributed by atoms with Gasteiger partial charge in [0, 0.05) is 30.5 Å². The van der Waals surface area contributed by atoms with E-state index < -0.39 is 5.60 Å². The van der Waals surface area contributed by atoms with Crippen molar-refractivity contribution in [1.82, 2.24) is 4.90 Å². The van der Waals surface area contributed by atoms with Gasteiger partial charge in [-0.3, -0.25) is 4.79 Å². The van der Waals surface area contributed by atoms with Gasteiger partial charge in [0.05, 0.1) is 6.26 Å². The first-order valence-corrected chi connectivity index (χ1v) is 8.28. The zero-order chi connectivity index (χ0) is 17.8. The number of carbonyl (C=O) groups excluding carboxylic acids is 2. The number of aliphatic hydroxyl groups is 1. The highest BCUT2D eigenvalue weighted by molar-refractivity contribution is 5.99. The van der Waals surface area contributed by atoms with Crippen molar-refractivity contribution in [3.8, 4) is 0 Å². The van der Waals surface area contributed by atoms with E-state index in [2.05, 4.69) is 0 Å². The molecule has 2 atom stereocenters. The van der Waals surface area contributed by atoms with Crippen LogP contribution in [0.15, 0.2) is 23.5 Å². The SMILES string of the molecule is CC.CC1C(=O)/C(=C\O)CC2CN(C(=O)OC(C)(C)C)CC=C21. The molecule has 1 fully saturated rings. The second-order valence-corrected chi connectivity index (χ2v) is 6.73. The number of ketones is 1. The summed E-state index contributed by atoms with van der Waals surface area (Å²) in [6.07, 6.45) is 3.00. The second-order valence-electron chi connectivity index (χ2n) is 6.73. The monoisotopic (exact) mass is 323 g/mol. The maximum Gasteiger partial charge on any atom is 0.410 e. The Morgan fingerprint density at radius 3 is 2.52 bits per heavy atom. The number of carbonyl (C=O) groups is 2. The Balaban J connectivity index is 0.00000127. The summed E-state index contributed by atoms with van der Waals surface area (Å²) in [6.45, 7) is 12.4. The number of fused-ring (bicyclic) bond motifs is 1. The third-order valence-corrected chi connectivity index (χ3v) is 3.94. The molecule has 5 nitrogen and oxygen atoms in total. The summed E-state index contributed by atoms with van der Waals surface area (Å²) in [6, 6.07) is 0. The van der Waals surface area contributed by atoms with Gasteiger partial charge in [-0.2, -0.15) is 0 Å². The first-order valence-electron chi connectivity index (χ1n) is 8.28. The van der Waals surface area contributed by atoms with Crippen LogP contribution in [0.4, 0.5) is 4.79 Å². The highest BCUT2D eigenvalue weighted by atomic mass is 16.6. The van der Waals surface area contributed by atoms with E-state index in [4.69, 9.17) is 4.74 Å². The third-order valence-electron chi connectivity index (χ3n) is 3.94. The van der Waals surface area contributed by atoms with Gasteiger partial charge < -0.3 is 14.7 Å². The van der Waals surface area contributed by atoms with Gasteiger partial charge in [-0.1, -0.05) is 32.4 Å². The number of hydrogen-bond donors (Lipinski definition) is 1. The standard InChI is InChI=1S/C16H23NO4.C2H6/c1-10-13-5-6-17(15(20)21-16(2,3)4)8-11(13)7-12(9-18)14(10)19;1-2/h5,9-11,18H,6-8H2,1-4H3;1-2H3/b12-9-;. The van der Waals surface area contributed by atoms with Gasteiger partial charge in [-0.05, 0) is 27.2 Å². The maximum absolute atomic E-state index is 12.1. The molecule has 0 bridgehead atoms. The average Bonchev–Trinajstić information content (AvgIpc) is 2.50. The van der Waals surface area contributed by atoms with Crippen LogP contribution in [0.25, 0.3) is 0 Å². The summed E-state index contributed by atoms with van der Waals surface area (Å²) >= 11 is 0. The molecule has 0 aromatic rings. The van der Waals surface area contributed by atoms with Crippen molar-refractivity contribution in [2.75, 3.05) is 13.1 Å². The Labute approximate surface area is 139 Å². The Kier molecular flexibility index (Phi) is 6.42. The Bertz CT molecular complexity index is 514. The van der Waals surface area contributed by atoms with Crippen LogP contribution in [-0.2, 0) is 9.53 Å². The van der Waals surface area contributed by atoms with Gasteiger partial charge >= 0.3 is 6.09 Å². The van der Waals surface area contributed by atoms with E-state index in [9.17, 15) is 14.7 Å². The molecular weight excluding hydrogens is 294 g/mol. The lowest BCUT2D eigenvalue weighted by molar-refractivity contribution is -0.119. The van der Waals surface area contributed by atoms with Crippen molar-refractivity contribution in [2.45, 2.75) is 53.6 Å². The average molecular weight is 323 g/mol. The minimum atomic E-state index is -0.521. The number of amides is 1. The van der Waals surface area contributed by atoms with Crippen LogP contribution in [-0.4, -0.2) is 40.6 Å². The first kappa shape index (κ1) is 19.3. The lowest BCUT2D eigenvalue weighted by atomic mass is 9.73. The van der Waals surface area contributed by atoms with Crippen LogP contribution in [0.1, 0.15) is 48.0 Å². The van der Waals surface area contributed by atoms with Crippen molar-refractivity contribution in [3.63, 3.8) is 0 Å². The quantitative estimate of drug-likeness (QED) is 0.417. The minimum absolute atomic E-state index is 0.0225. The molecule has 5 heteroatoms. The highest BCUT2D eigenvalue weighted by Crippen LogP contribution is 2.37. The molecule has 0 saturated heterocycles. The van der Waals surface area contributed by atoms with E-state index >= 15 is 0 Å². The summed E-state index contributed by atoms with van der Waals surface area (Å²) < 4.78 is 5.38. The van der Waals surface area contributed by atoms with Crippen LogP contribution >= 0.6 is 0 Å². The summed E-state index contributed by atoms with van der Waals surface area (Å²) in [5.74, 6) is -0.161. The predicted octanol–water partition coefficient (Wildman–Crippen LogP) is 3.86. The molecule has 1 N–H and O–H groups in total. The second kappa shape index (κ2) is 7.66. The fourth-order valence-corrected chi connectivity index (χ4v) is 2.93. The van der Waals surface area contributed by atoms with Crippen LogP contribution in [0, 0.1) is 11.8 Å². The molecule has 0 radical (unpaired) electrons. The normalized spacial score (nSPS) is 26.0. The van der Waals surface area contributed by atoms with Gasteiger partial charge in [-0.25, -0.2) is 4.79 Å². The topological polar surface area (TPSA) is 66.8 Å². The van der Waals surface area contributed by atoms with Crippen molar-refractivity contribution >= 4 is 11.9 Å². The number of hydrogen-bond acceptors (Lipinski definition) is 4. The van der Waals surface area contributed by atoms with E-state index in [1.807, 2.05) is 47.6 Å². The summed E-state index contributed by atoms with van der Waals surface area (Å²) in [5, 5.41) is 9.19. The van der Waals surface area contributed by atoms with Gasteiger partial charge in [0.1, 0.15) is 5.60 Å². The molecule has 1 amide bonds. The number of ether oxygens (including phenoxy) is 1. The van der Waals surface area contributed by atoms with Crippen molar-refractivity contribution < 1.29 is 19.4 Å². The summed E-state index contributed by atoms with van der Waals surface area (Å²) in [4.78, 5) is 25.8. The number of allylic oxidation sites excluding steroid dienone is 1. The molecule has 1 aliphatic heterocycles.